The number of nitrogens with one attached hydrogen (secondary N) is 1. The minimum Gasteiger partial charge on any atom is -0.442 e. The summed E-state index contributed by atoms with van der Waals surface area (Å²) in [5, 5.41) is 2.57. The van der Waals surface area contributed by atoms with Crippen LogP contribution in [0.1, 0.15) is 6.92 Å². The van der Waals surface area contributed by atoms with E-state index in [9.17, 15) is 4.79 Å². The van der Waals surface area contributed by atoms with Gasteiger partial charge in [-0.05, 0) is 53.8 Å². The maximum atomic E-state index is 10.9. The van der Waals surface area contributed by atoms with Crippen LogP contribution >= 0.6 is 22.6 Å². The van der Waals surface area contributed by atoms with Crippen LogP contribution in [0.4, 0.5) is 10.5 Å². The van der Waals surface area contributed by atoms with E-state index in [0.717, 1.165) is 9.26 Å². The molecule has 13 heavy (non-hydrogen) atoms. The first kappa shape index (κ1) is 10.3. The predicted octanol–water partition coefficient (Wildman–Crippen LogP) is 3.02. The molecule has 4 heteroatoms. The lowest BCUT2D eigenvalue weighted by molar-refractivity contribution is 0.189. The van der Waals surface area contributed by atoms with Gasteiger partial charge < -0.3 is 4.74 Å². The third-order valence-electron chi connectivity index (χ3n) is 1.32. The van der Waals surface area contributed by atoms with E-state index >= 15 is 0 Å². The number of hydrogen-bond acceptors (Lipinski definition) is 2. The standard InChI is InChI=1S/C9H9INO2/c1-2-13-9(12)11-8-5-3-7(10)4-6-8/h2-6H,1H3,(H,11,12). The summed E-state index contributed by atoms with van der Waals surface area (Å²) in [6.07, 6.45) is -0.469. The van der Waals surface area contributed by atoms with Crippen LogP contribution in [0.5, 0.6) is 0 Å². The Labute approximate surface area is 90.6 Å². The van der Waals surface area contributed by atoms with Gasteiger partial charge in [-0.1, -0.05) is 0 Å². The lowest BCUT2D eigenvalue weighted by Crippen LogP contribution is -2.11. The highest BCUT2D eigenvalue weighted by Crippen LogP contribution is 2.11. The topological polar surface area (TPSA) is 38.3 Å². The van der Waals surface area contributed by atoms with Crippen molar-refractivity contribution in [1.82, 2.24) is 0 Å². The van der Waals surface area contributed by atoms with Crippen molar-refractivity contribution in [3.63, 3.8) is 0 Å². The molecular weight excluding hydrogens is 281 g/mol. The summed E-state index contributed by atoms with van der Waals surface area (Å²) in [5.74, 6) is 0. The van der Waals surface area contributed by atoms with Crippen LogP contribution in [-0.4, -0.2) is 6.09 Å². The van der Waals surface area contributed by atoms with Crippen molar-refractivity contribution < 1.29 is 9.53 Å². The molecule has 0 aliphatic heterocycles. The molecule has 0 heterocycles. The molecule has 0 saturated carbocycles. The largest absolute Gasteiger partial charge is 0.442 e. The molecule has 0 aliphatic carbocycles. The van der Waals surface area contributed by atoms with E-state index in [1.807, 2.05) is 24.3 Å². The predicted molar refractivity (Wildman–Crippen MR) is 59.2 cm³/mol. The Balaban J connectivity index is 2.54. The Hall–Kier alpha value is -0.780. The molecule has 3 nitrogen and oxygen atoms in total. The van der Waals surface area contributed by atoms with Crippen molar-refractivity contribution in [1.29, 1.82) is 0 Å². The maximum absolute atomic E-state index is 10.9. The van der Waals surface area contributed by atoms with E-state index in [0.29, 0.717) is 0 Å². The highest BCUT2D eigenvalue weighted by molar-refractivity contribution is 14.1. The van der Waals surface area contributed by atoms with Crippen LogP contribution in [0.2, 0.25) is 0 Å². The third kappa shape index (κ3) is 3.63. The summed E-state index contributed by atoms with van der Waals surface area (Å²) in [6, 6.07) is 7.45. The minimum atomic E-state index is -0.469. The lowest BCUT2D eigenvalue weighted by Gasteiger charge is -2.03. The van der Waals surface area contributed by atoms with Gasteiger partial charge in [0.25, 0.3) is 0 Å². The molecule has 0 spiro atoms. The second kappa shape index (κ2) is 5.06. The smallest absolute Gasteiger partial charge is 0.412 e. The molecule has 0 aromatic heterocycles. The van der Waals surface area contributed by atoms with Crippen LogP contribution in [0.25, 0.3) is 0 Å². The zero-order chi connectivity index (χ0) is 9.68. The molecule has 1 aromatic carbocycles. The van der Waals surface area contributed by atoms with Crippen molar-refractivity contribution in [3.05, 3.63) is 34.4 Å². The summed E-state index contributed by atoms with van der Waals surface area (Å²) in [4.78, 5) is 10.9. The van der Waals surface area contributed by atoms with Crippen LogP contribution in [0.15, 0.2) is 24.3 Å². The van der Waals surface area contributed by atoms with E-state index in [2.05, 4.69) is 32.6 Å². The normalized spacial score (nSPS) is 9.38. The number of amides is 1. The van der Waals surface area contributed by atoms with Crippen molar-refractivity contribution in [2.45, 2.75) is 6.92 Å². The highest BCUT2D eigenvalue weighted by atomic mass is 127. The third-order valence-corrected chi connectivity index (χ3v) is 2.03. The van der Waals surface area contributed by atoms with Gasteiger partial charge in [0.15, 0.2) is 0 Å². The summed E-state index contributed by atoms with van der Waals surface area (Å²) >= 11 is 2.20. The Bertz CT molecular complexity index is 284. The van der Waals surface area contributed by atoms with E-state index in [1.54, 1.807) is 6.92 Å². The summed E-state index contributed by atoms with van der Waals surface area (Å²) in [5.41, 5.74) is 0.729. The molecular formula is C9H9INO2. The first-order valence-electron chi connectivity index (χ1n) is 3.73. The molecule has 0 atom stereocenters. The van der Waals surface area contributed by atoms with Gasteiger partial charge in [-0.3, -0.25) is 5.32 Å². The molecule has 0 saturated heterocycles. The number of hydrogen-bond donors (Lipinski definition) is 1. The minimum absolute atomic E-state index is 0.469. The summed E-state index contributed by atoms with van der Waals surface area (Å²) in [6.45, 7) is 2.98. The zero-order valence-electron chi connectivity index (χ0n) is 7.08. The average Bonchev–Trinajstić information content (AvgIpc) is 2.09. The van der Waals surface area contributed by atoms with Crippen LogP contribution in [-0.2, 0) is 4.74 Å². The number of benzene rings is 1. The molecule has 0 unspecified atom stereocenters. The van der Waals surface area contributed by atoms with Crippen molar-refractivity contribution in [3.8, 4) is 0 Å². The molecule has 0 fully saturated rings. The Morgan fingerprint density at radius 1 is 1.46 bits per heavy atom. The van der Waals surface area contributed by atoms with Gasteiger partial charge in [0, 0.05) is 9.26 Å². The van der Waals surface area contributed by atoms with E-state index in [4.69, 9.17) is 0 Å². The number of anilines is 1. The molecule has 1 aromatic rings. The van der Waals surface area contributed by atoms with E-state index in [-0.39, 0.29) is 0 Å². The monoisotopic (exact) mass is 290 g/mol. The number of halogens is 1. The summed E-state index contributed by atoms with van der Waals surface area (Å²) in [7, 11) is 0. The van der Waals surface area contributed by atoms with Gasteiger partial charge in [-0.15, -0.1) is 0 Å². The van der Waals surface area contributed by atoms with Gasteiger partial charge in [-0.25, -0.2) is 4.79 Å². The quantitative estimate of drug-likeness (QED) is 0.850. The SMILES string of the molecule is C[CH]OC(=O)Nc1ccc(I)cc1. The number of ether oxygens (including phenoxy) is 1. The number of carbonyl (C=O) groups excluding carboxylic acids is 1. The Kier molecular flexibility index (Phi) is 4.01. The van der Waals surface area contributed by atoms with Gasteiger partial charge in [0.1, 0.15) is 6.61 Å². The molecule has 1 radical (unpaired) electrons. The van der Waals surface area contributed by atoms with Crippen LogP contribution < -0.4 is 5.32 Å². The summed E-state index contributed by atoms with van der Waals surface area (Å²) < 4.78 is 5.72. The van der Waals surface area contributed by atoms with Crippen molar-refractivity contribution in [2.75, 3.05) is 5.32 Å². The fraction of sp³-hybridized carbons (Fsp3) is 0.111. The first-order chi connectivity index (χ1) is 6.22. The molecule has 0 aliphatic rings. The second-order valence-corrected chi connectivity index (χ2v) is 3.52. The fourth-order valence-electron chi connectivity index (χ4n) is 0.788. The van der Waals surface area contributed by atoms with Gasteiger partial charge >= 0.3 is 6.09 Å². The Morgan fingerprint density at radius 3 is 2.62 bits per heavy atom. The van der Waals surface area contributed by atoms with Gasteiger partial charge in [0.2, 0.25) is 0 Å². The number of carbonyl (C=O) groups is 1. The Morgan fingerprint density at radius 2 is 2.08 bits per heavy atom. The molecule has 0 bridgehead atoms. The van der Waals surface area contributed by atoms with E-state index in [1.165, 1.54) is 6.61 Å². The van der Waals surface area contributed by atoms with Gasteiger partial charge in [-0.2, -0.15) is 0 Å². The highest BCUT2D eigenvalue weighted by Gasteiger charge is 2.00. The van der Waals surface area contributed by atoms with Gasteiger partial charge in [0.05, 0.1) is 0 Å². The molecule has 1 N–H and O–H groups in total. The van der Waals surface area contributed by atoms with E-state index < -0.39 is 6.09 Å². The lowest BCUT2D eigenvalue weighted by atomic mass is 10.3. The molecule has 69 valence electrons. The van der Waals surface area contributed by atoms with Crippen LogP contribution in [0.3, 0.4) is 0 Å². The molecule has 1 rings (SSSR count). The van der Waals surface area contributed by atoms with Crippen molar-refractivity contribution >= 4 is 34.4 Å². The van der Waals surface area contributed by atoms with Crippen LogP contribution in [0, 0.1) is 10.2 Å². The maximum Gasteiger partial charge on any atom is 0.412 e. The molecule has 1 amide bonds. The fourth-order valence-corrected chi connectivity index (χ4v) is 1.15. The average molecular weight is 290 g/mol. The van der Waals surface area contributed by atoms with Crippen molar-refractivity contribution in [2.24, 2.45) is 0 Å². The zero-order valence-corrected chi connectivity index (χ0v) is 9.24. The number of rotatable bonds is 2. The second-order valence-electron chi connectivity index (χ2n) is 2.27. The first-order valence-corrected chi connectivity index (χ1v) is 4.81.